The van der Waals surface area contributed by atoms with Crippen LogP contribution in [0.4, 0.5) is 0 Å². The van der Waals surface area contributed by atoms with Crippen LogP contribution in [0.2, 0.25) is 0 Å². The topological polar surface area (TPSA) is 57.8 Å². The lowest BCUT2D eigenvalue weighted by molar-refractivity contribution is 0.0947. The van der Waals surface area contributed by atoms with E-state index in [2.05, 4.69) is 15.3 Å². The van der Waals surface area contributed by atoms with Crippen molar-refractivity contribution >= 4 is 28.1 Å². The standard InChI is InChI=1S/C14H13N3OS/c1-9-15-7-11(19-9)8-16-14(18)13-6-10-4-2-3-5-12(10)17-13/h2-7,17H,8H2,1H3,(H,16,18). The highest BCUT2D eigenvalue weighted by Gasteiger charge is 2.09. The number of hydrogen-bond acceptors (Lipinski definition) is 3. The molecular weight excluding hydrogens is 258 g/mol. The second-order valence-corrected chi connectivity index (χ2v) is 5.62. The summed E-state index contributed by atoms with van der Waals surface area (Å²) in [6.07, 6.45) is 1.80. The van der Waals surface area contributed by atoms with Gasteiger partial charge in [-0.25, -0.2) is 4.98 Å². The highest BCUT2D eigenvalue weighted by molar-refractivity contribution is 7.11. The molecule has 4 nitrogen and oxygen atoms in total. The van der Waals surface area contributed by atoms with Crippen molar-refractivity contribution in [3.63, 3.8) is 0 Å². The van der Waals surface area contributed by atoms with E-state index in [-0.39, 0.29) is 5.91 Å². The number of carbonyl (C=O) groups excluding carboxylic acids is 1. The van der Waals surface area contributed by atoms with Gasteiger partial charge in [0, 0.05) is 22.0 Å². The van der Waals surface area contributed by atoms with E-state index in [1.807, 2.05) is 37.3 Å². The Balaban J connectivity index is 1.73. The third kappa shape index (κ3) is 2.51. The van der Waals surface area contributed by atoms with Gasteiger partial charge in [-0.3, -0.25) is 4.79 Å². The van der Waals surface area contributed by atoms with Gasteiger partial charge in [0.15, 0.2) is 0 Å². The number of nitrogens with zero attached hydrogens (tertiary/aromatic N) is 1. The summed E-state index contributed by atoms with van der Waals surface area (Å²) in [6.45, 7) is 2.47. The molecule has 19 heavy (non-hydrogen) atoms. The van der Waals surface area contributed by atoms with Crippen LogP contribution in [0.15, 0.2) is 36.5 Å². The van der Waals surface area contributed by atoms with Crippen LogP contribution in [0.3, 0.4) is 0 Å². The molecule has 2 N–H and O–H groups in total. The second-order valence-electron chi connectivity index (χ2n) is 4.30. The van der Waals surface area contributed by atoms with E-state index in [4.69, 9.17) is 0 Å². The summed E-state index contributed by atoms with van der Waals surface area (Å²) in [5, 5.41) is 4.94. The lowest BCUT2D eigenvalue weighted by Gasteiger charge is -2.00. The van der Waals surface area contributed by atoms with Crippen LogP contribution in [0.25, 0.3) is 10.9 Å². The molecular formula is C14H13N3OS. The first kappa shape index (κ1) is 11.9. The molecule has 0 fully saturated rings. The fourth-order valence-electron chi connectivity index (χ4n) is 1.95. The molecule has 3 aromatic rings. The number of aromatic nitrogens is 2. The first-order valence-electron chi connectivity index (χ1n) is 5.99. The van der Waals surface area contributed by atoms with Crippen LogP contribution in [0, 0.1) is 6.92 Å². The van der Waals surface area contributed by atoms with Crippen LogP contribution in [0.1, 0.15) is 20.4 Å². The number of amides is 1. The van der Waals surface area contributed by atoms with E-state index in [0.29, 0.717) is 12.2 Å². The molecule has 2 aromatic heterocycles. The number of hydrogen-bond donors (Lipinski definition) is 2. The molecule has 96 valence electrons. The van der Waals surface area contributed by atoms with Crippen LogP contribution >= 0.6 is 11.3 Å². The van der Waals surface area contributed by atoms with Gasteiger partial charge in [-0.1, -0.05) is 18.2 Å². The van der Waals surface area contributed by atoms with Crippen molar-refractivity contribution < 1.29 is 4.79 Å². The Labute approximate surface area is 114 Å². The van der Waals surface area contributed by atoms with E-state index in [9.17, 15) is 4.79 Å². The van der Waals surface area contributed by atoms with Crippen molar-refractivity contribution in [2.45, 2.75) is 13.5 Å². The Kier molecular flexibility index (Phi) is 3.05. The number of para-hydroxylation sites is 1. The van der Waals surface area contributed by atoms with Crippen molar-refractivity contribution in [1.82, 2.24) is 15.3 Å². The molecule has 3 rings (SSSR count). The van der Waals surface area contributed by atoms with Gasteiger partial charge in [-0.05, 0) is 19.1 Å². The monoisotopic (exact) mass is 271 g/mol. The van der Waals surface area contributed by atoms with Gasteiger partial charge in [0.1, 0.15) is 5.69 Å². The fourth-order valence-corrected chi connectivity index (χ4v) is 2.68. The SMILES string of the molecule is Cc1ncc(CNC(=O)c2cc3ccccc3[nH]2)s1. The highest BCUT2D eigenvalue weighted by Crippen LogP contribution is 2.15. The molecule has 5 heteroatoms. The van der Waals surface area contributed by atoms with Crippen molar-refractivity contribution in [1.29, 1.82) is 0 Å². The average molecular weight is 271 g/mol. The highest BCUT2D eigenvalue weighted by atomic mass is 32.1. The van der Waals surface area contributed by atoms with Crippen molar-refractivity contribution in [3.8, 4) is 0 Å². The van der Waals surface area contributed by atoms with E-state index in [1.165, 1.54) is 0 Å². The smallest absolute Gasteiger partial charge is 0.268 e. The Morgan fingerprint density at radius 1 is 1.42 bits per heavy atom. The van der Waals surface area contributed by atoms with Crippen LogP contribution in [-0.2, 0) is 6.54 Å². The Morgan fingerprint density at radius 3 is 3.00 bits per heavy atom. The zero-order chi connectivity index (χ0) is 13.2. The van der Waals surface area contributed by atoms with E-state index in [1.54, 1.807) is 17.5 Å². The normalized spacial score (nSPS) is 10.8. The molecule has 0 aliphatic rings. The number of aryl methyl sites for hydroxylation is 1. The van der Waals surface area contributed by atoms with Gasteiger partial charge in [0.05, 0.1) is 11.6 Å². The molecule has 0 atom stereocenters. The summed E-state index contributed by atoms with van der Waals surface area (Å²) in [4.78, 5) is 20.4. The summed E-state index contributed by atoms with van der Waals surface area (Å²) in [6, 6.07) is 9.70. The third-order valence-electron chi connectivity index (χ3n) is 2.87. The van der Waals surface area contributed by atoms with Crippen molar-refractivity contribution in [3.05, 3.63) is 52.1 Å². The summed E-state index contributed by atoms with van der Waals surface area (Å²) < 4.78 is 0. The molecule has 0 bridgehead atoms. The predicted octanol–water partition coefficient (Wildman–Crippen LogP) is 2.86. The van der Waals surface area contributed by atoms with Crippen LogP contribution in [-0.4, -0.2) is 15.9 Å². The molecule has 0 spiro atoms. The average Bonchev–Trinajstić information content (AvgIpc) is 3.01. The maximum Gasteiger partial charge on any atom is 0.268 e. The Hall–Kier alpha value is -2.14. The zero-order valence-corrected chi connectivity index (χ0v) is 11.3. The minimum absolute atomic E-state index is 0.0951. The van der Waals surface area contributed by atoms with Gasteiger partial charge in [-0.15, -0.1) is 11.3 Å². The number of thiazole rings is 1. The molecule has 0 saturated carbocycles. The van der Waals surface area contributed by atoms with Gasteiger partial charge in [0.25, 0.3) is 5.91 Å². The molecule has 1 aromatic carbocycles. The molecule has 1 amide bonds. The van der Waals surface area contributed by atoms with E-state index < -0.39 is 0 Å². The largest absolute Gasteiger partial charge is 0.351 e. The first-order valence-corrected chi connectivity index (χ1v) is 6.81. The molecule has 0 aliphatic heterocycles. The third-order valence-corrected chi connectivity index (χ3v) is 3.78. The lowest BCUT2D eigenvalue weighted by atomic mass is 10.2. The van der Waals surface area contributed by atoms with Gasteiger partial charge in [0.2, 0.25) is 0 Å². The minimum atomic E-state index is -0.0951. The number of H-pyrrole nitrogens is 1. The quantitative estimate of drug-likeness (QED) is 0.769. The van der Waals surface area contributed by atoms with Gasteiger partial charge < -0.3 is 10.3 Å². The first-order chi connectivity index (χ1) is 9.22. The maximum absolute atomic E-state index is 12.0. The number of benzene rings is 1. The number of rotatable bonds is 3. The number of carbonyl (C=O) groups is 1. The van der Waals surface area contributed by atoms with Gasteiger partial charge in [-0.2, -0.15) is 0 Å². The van der Waals surface area contributed by atoms with Crippen LogP contribution < -0.4 is 5.32 Å². The Bertz CT molecular complexity index is 696. The second kappa shape index (κ2) is 4.85. The summed E-state index contributed by atoms with van der Waals surface area (Å²) in [5.41, 5.74) is 1.56. The van der Waals surface area contributed by atoms with E-state index >= 15 is 0 Å². The zero-order valence-electron chi connectivity index (χ0n) is 10.4. The minimum Gasteiger partial charge on any atom is -0.351 e. The number of nitrogens with one attached hydrogen (secondary N) is 2. The predicted molar refractivity (Wildman–Crippen MR) is 76.3 cm³/mol. The molecule has 2 heterocycles. The van der Waals surface area contributed by atoms with E-state index in [0.717, 1.165) is 20.8 Å². The van der Waals surface area contributed by atoms with Crippen LogP contribution in [0.5, 0.6) is 0 Å². The summed E-state index contributed by atoms with van der Waals surface area (Å²) >= 11 is 1.59. The number of aromatic amines is 1. The summed E-state index contributed by atoms with van der Waals surface area (Å²) in [7, 11) is 0. The maximum atomic E-state index is 12.0. The Morgan fingerprint density at radius 2 is 2.26 bits per heavy atom. The summed E-state index contributed by atoms with van der Waals surface area (Å²) in [5.74, 6) is -0.0951. The fraction of sp³-hybridized carbons (Fsp3) is 0.143. The van der Waals surface area contributed by atoms with Gasteiger partial charge >= 0.3 is 0 Å². The van der Waals surface area contributed by atoms with Crippen molar-refractivity contribution in [2.75, 3.05) is 0 Å². The molecule has 0 aliphatic carbocycles. The lowest BCUT2D eigenvalue weighted by Crippen LogP contribution is -2.22. The molecule has 0 unspecified atom stereocenters. The molecule has 0 saturated heterocycles. The number of fused-ring (bicyclic) bond motifs is 1. The van der Waals surface area contributed by atoms with Crippen molar-refractivity contribution in [2.24, 2.45) is 0 Å². The molecule has 0 radical (unpaired) electrons.